The van der Waals surface area contributed by atoms with Crippen LogP contribution in [0.1, 0.15) is 39.0 Å². The Labute approximate surface area is 101 Å². The minimum absolute atomic E-state index is 0.288. The van der Waals surface area contributed by atoms with Crippen molar-refractivity contribution in [3.8, 4) is 0 Å². The Kier molecular flexibility index (Phi) is 7.13. The summed E-state index contributed by atoms with van der Waals surface area (Å²) in [5.41, 5.74) is 5.39. The molecule has 0 aromatic rings. The van der Waals surface area contributed by atoms with Gasteiger partial charge in [-0.25, -0.2) is 0 Å². The molecule has 6 heteroatoms. The summed E-state index contributed by atoms with van der Waals surface area (Å²) in [4.78, 5) is 34.4. The second-order valence-electron chi connectivity index (χ2n) is 3.95. The monoisotopic (exact) mass is 244 g/mol. The average molecular weight is 244 g/mol. The summed E-state index contributed by atoms with van der Waals surface area (Å²) < 4.78 is 0. The topological polar surface area (TPSA) is 101 Å². The van der Waals surface area contributed by atoms with Crippen LogP contribution in [0.15, 0.2) is 0 Å². The minimum atomic E-state index is -1.16. The molecular weight excluding hydrogens is 224 g/mol. The van der Waals surface area contributed by atoms with Crippen LogP contribution in [-0.4, -0.2) is 40.9 Å². The average Bonchev–Trinajstić information content (AvgIpc) is 2.26. The fourth-order valence-corrected chi connectivity index (χ4v) is 1.34. The molecule has 0 unspecified atom stereocenters. The van der Waals surface area contributed by atoms with Crippen molar-refractivity contribution >= 4 is 17.8 Å². The normalized spacial score (nSPS) is 11.9. The number of aliphatic carboxylic acids is 1. The highest BCUT2D eigenvalue weighted by Crippen LogP contribution is 2.04. The Balaban J connectivity index is 4.19. The molecular formula is C11H20N2O4. The number of carboxylic acid groups (broad SMARTS) is 1. The van der Waals surface area contributed by atoms with Crippen LogP contribution in [-0.2, 0) is 14.4 Å². The summed E-state index contributed by atoms with van der Waals surface area (Å²) in [5.74, 6) is -2.11. The van der Waals surface area contributed by atoms with Crippen molar-refractivity contribution in [1.29, 1.82) is 0 Å². The van der Waals surface area contributed by atoms with Gasteiger partial charge in [0.1, 0.15) is 0 Å². The van der Waals surface area contributed by atoms with Crippen LogP contribution < -0.4 is 5.73 Å². The van der Waals surface area contributed by atoms with Gasteiger partial charge < -0.3 is 10.8 Å². The summed E-state index contributed by atoms with van der Waals surface area (Å²) in [7, 11) is 1.33. The molecule has 0 saturated carbocycles. The molecule has 1 atom stereocenters. The van der Waals surface area contributed by atoms with Gasteiger partial charge in [0.05, 0.1) is 12.5 Å². The molecule has 0 saturated heterocycles. The SMILES string of the molecule is CCCCCC(=O)N(C)C(=O)[C@@H](N)CC(=O)O. The van der Waals surface area contributed by atoms with E-state index in [0.717, 1.165) is 24.2 Å². The predicted octanol–water partition coefficient (Wildman–Crippen LogP) is 0.354. The van der Waals surface area contributed by atoms with Crippen LogP contribution in [0.3, 0.4) is 0 Å². The quantitative estimate of drug-likeness (QED) is 0.629. The molecule has 0 bridgehead atoms. The van der Waals surface area contributed by atoms with Crippen molar-refractivity contribution in [2.45, 2.75) is 45.1 Å². The number of carbonyl (C=O) groups excluding carboxylic acids is 2. The summed E-state index contributed by atoms with van der Waals surface area (Å²) in [5, 5.41) is 8.49. The Morgan fingerprint density at radius 1 is 1.29 bits per heavy atom. The van der Waals surface area contributed by atoms with E-state index in [1.807, 2.05) is 6.92 Å². The Morgan fingerprint density at radius 2 is 1.88 bits per heavy atom. The smallest absolute Gasteiger partial charge is 0.305 e. The molecule has 0 aromatic carbocycles. The molecule has 17 heavy (non-hydrogen) atoms. The predicted molar refractivity (Wildman–Crippen MR) is 62.1 cm³/mol. The highest BCUT2D eigenvalue weighted by atomic mass is 16.4. The Bertz CT molecular complexity index is 291. The first-order valence-corrected chi connectivity index (χ1v) is 5.67. The number of nitrogens with zero attached hydrogens (tertiary/aromatic N) is 1. The van der Waals surface area contributed by atoms with E-state index in [4.69, 9.17) is 10.8 Å². The van der Waals surface area contributed by atoms with E-state index in [1.165, 1.54) is 7.05 Å². The fourth-order valence-electron chi connectivity index (χ4n) is 1.34. The molecule has 0 radical (unpaired) electrons. The maximum Gasteiger partial charge on any atom is 0.305 e. The summed E-state index contributed by atoms with van der Waals surface area (Å²) in [6.07, 6.45) is 2.46. The standard InChI is InChI=1S/C11H20N2O4/c1-3-4-5-6-9(14)13(2)11(17)8(12)7-10(15)16/h8H,3-7,12H2,1-2H3,(H,15,16)/t8-/m0/s1. The summed E-state index contributed by atoms with van der Waals surface area (Å²) >= 11 is 0. The molecule has 0 aliphatic heterocycles. The van der Waals surface area contributed by atoms with Gasteiger partial charge in [-0.1, -0.05) is 19.8 Å². The molecule has 0 spiro atoms. The number of nitrogens with two attached hydrogens (primary N) is 1. The number of unbranched alkanes of at least 4 members (excludes halogenated alkanes) is 2. The van der Waals surface area contributed by atoms with Crippen LogP contribution in [0.4, 0.5) is 0 Å². The van der Waals surface area contributed by atoms with E-state index in [-0.39, 0.29) is 12.3 Å². The van der Waals surface area contributed by atoms with E-state index in [2.05, 4.69) is 0 Å². The summed E-state index contributed by atoms with van der Waals surface area (Å²) in [6.45, 7) is 2.02. The van der Waals surface area contributed by atoms with Gasteiger partial charge in [-0.2, -0.15) is 0 Å². The Hall–Kier alpha value is -1.43. The number of hydrogen-bond acceptors (Lipinski definition) is 4. The van der Waals surface area contributed by atoms with Gasteiger partial charge in [0.2, 0.25) is 11.8 Å². The van der Waals surface area contributed by atoms with Gasteiger partial charge >= 0.3 is 5.97 Å². The van der Waals surface area contributed by atoms with Gasteiger partial charge in [-0.3, -0.25) is 19.3 Å². The van der Waals surface area contributed by atoms with E-state index < -0.39 is 24.3 Å². The van der Waals surface area contributed by atoms with Crippen molar-refractivity contribution in [3.63, 3.8) is 0 Å². The van der Waals surface area contributed by atoms with Gasteiger partial charge in [-0.15, -0.1) is 0 Å². The highest BCUT2D eigenvalue weighted by molar-refractivity contribution is 5.98. The molecule has 0 heterocycles. The first-order chi connectivity index (χ1) is 7.90. The number of rotatable bonds is 7. The zero-order chi connectivity index (χ0) is 13.4. The molecule has 3 N–H and O–H groups in total. The van der Waals surface area contributed by atoms with Gasteiger partial charge in [0, 0.05) is 13.5 Å². The second-order valence-corrected chi connectivity index (χ2v) is 3.95. The number of carbonyl (C=O) groups is 3. The minimum Gasteiger partial charge on any atom is -0.481 e. The zero-order valence-electron chi connectivity index (χ0n) is 10.3. The van der Waals surface area contributed by atoms with Crippen LogP contribution in [0.5, 0.6) is 0 Å². The molecule has 98 valence electrons. The van der Waals surface area contributed by atoms with Gasteiger partial charge in [-0.05, 0) is 6.42 Å². The lowest BCUT2D eigenvalue weighted by Gasteiger charge is -2.18. The molecule has 0 rings (SSSR count). The van der Waals surface area contributed by atoms with E-state index >= 15 is 0 Å². The largest absolute Gasteiger partial charge is 0.481 e. The van der Waals surface area contributed by atoms with Gasteiger partial charge in [0.25, 0.3) is 0 Å². The van der Waals surface area contributed by atoms with Crippen molar-refractivity contribution in [1.82, 2.24) is 4.90 Å². The number of likely N-dealkylation sites (N-methyl/N-ethyl adjacent to an activating group) is 1. The maximum atomic E-state index is 11.6. The van der Waals surface area contributed by atoms with Crippen molar-refractivity contribution in [2.75, 3.05) is 7.05 Å². The molecule has 0 fully saturated rings. The van der Waals surface area contributed by atoms with Crippen LogP contribution in [0.2, 0.25) is 0 Å². The third-order valence-corrected chi connectivity index (χ3v) is 2.41. The first kappa shape index (κ1) is 15.6. The molecule has 0 aliphatic rings. The lowest BCUT2D eigenvalue weighted by atomic mass is 10.1. The van der Waals surface area contributed by atoms with Gasteiger partial charge in [0.15, 0.2) is 0 Å². The lowest BCUT2D eigenvalue weighted by Crippen LogP contribution is -2.45. The van der Waals surface area contributed by atoms with Crippen molar-refractivity contribution in [3.05, 3.63) is 0 Å². The molecule has 2 amide bonds. The number of carboxylic acids is 1. The van der Waals surface area contributed by atoms with E-state index in [9.17, 15) is 14.4 Å². The number of imide groups is 1. The summed E-state index contributed by atoms with van der Waals surface area (Å²) in [6, 6.07) is -1.16. The van der Waals surface area contributed by atoms with Crippen LogP contribution in [0, 0.1) is 0 Å². The molecule has 0 aromatic heterocycles. The number of hydrogen-bond donors (Lipinski definition) is 2. The third kappa shape index (κ3) is 6.01. The lowest BCUT2D eigenvalue weighted by molar-refractivity contribution is -0.147. The number of amides is 2. The molecule has 6 nitrogen and oxygen atoms in total. The first-order valence-electron chi connectivity index (χ1n) is 5.67. The third-order valence-electron chi connectivity index (χ3n) is 2.41. The Morgan fingerprint density at radius 3 is 2.35 bits per heavy atom. The van der Waals surface area contributed by atoms with Crippen molar-refractivity contribution < 1.29 is 19.5 Å². The van der Waals surface area contributed by atoms with E-state index in [0.29, 0.717) is 0 Å². The van der Waals surface area contributed by atoms with Crippen LogP contribution in [0.25, 0.3) is 0 Å². The second kappa shape index (κ2) is 7.78. The fraction of sp³-hybridized carbons (Fsp3) is 0.727. The van der Waals surface area contributed by atoms with E-state index in [1.54, 1.807) is 0 Å². The molecule has 0 aliphatic carbocycles. The maximum absolute atomic E-state index is 11.6. The highest BCUT2D eigenvalue weighted by Gasteiger charge is 2.24. The van der Waals surface area contributed by atoms with Crippen molar-refractivity contribution in [2.24, 2.45) is 5.73 Å². The van der Waals surface area contributed by atoms with Crippen LogP contribution >= 0.6 is 0 Å². The zero-order valence-corrected chi connectivity index (χ0v) is 10.3.